The largest absolute Gasteiger partial charge is 0.421 e. The predicted octanol–water partition coefficient (Wildman–Crippen LogP) is 3.25. The number of hydrogen-bond acceptors (Lipinski definition) is 4. The number of anilines is 1. The van der Waals surface area contributed by atoms with Gasteiger partial charge in [-0.25, -0.2) is 4.79 Å². The van der Waals surface area contributed by atoms with Gasteiger partial charge in [-0.15, -0.1) is 0 Å². The molecule has 0 spiro atoms. The van der Waals surface area contributed by atoms with Gasteiger partial charge in [-0.1, -0.05) is 31.5 Å². The number of fused-ring (bicyclic) bond motifs is 1. The van der Waals surface area contributed by atoms with Gasteiger partial charge in [0.1, 0.15) is 11.3 Å². The Bertz CT molecular complexity index is 618. The molecular weight excluding hydrogens is 242 g/mol. The Morgan fingerprint density at radius 1 is 1.37 bits per heavy atom. The highest BCUT2D eigenvalue weighted by Gasteiger charge is 2.17. The predicted molar refractivity (Wildman–Crippen MR) is 76.2 cm³/mol. The first-order valence-corrected chi connectivity index (χ1v) is 6.58. The molecule has 0 aliphatic carbocycles. The second kappa shape index (κ2) is 5.89. The Morgan fingerprint density at radius 3 is 2.84 bits per heavy atom. The molecule has 0 aliphatic heterocycles. The van der Waals surface area contributed by atoms with E-state index < -0.39 is 5.63 Å². The number of hydrogen-bond donors (Lipinski definition) is 1. The maximum atomic E-state index is 11.7. The number of rotatable bonds is 5. The molecule has 1 unspecified atom stereocenters. The maximum Gasteiger partial charge on any atom is 0.360 e. The molecule has 19 heavy (non-hydrogen) atoms. The topological polar surface area (TPSA) is 65.5 Å². The fraction of sp³-hybridized carbons (Fsp3) is 0.400. The quantitative estimate of drug-likeness (QED) is 0.662. The lowest BCUT2D eigenvalue weighted by Gasteiger charge is -2.16. The average molecular weight is 261 g/mol. The molecule has 4 heteroatoms. The van der Waals surface area contributed by atoms with Crippen molar-refractivity contribution in [3.8, 4) is 0 Å². The van der Waals surface area contributed by atoms with Crippen LogP contribution in [0.3, 0.4) is 0 Å². The molecule has 0 aliphatic rings. The van der Waals surface area contributed by atoms with Gasteiger partial charge in [0.25, 0.3) is 0 Å². The van der Waals surface area contributed by atoms with Gasteiger partial charge in [-0.05, 0) is 19.4 Å². The highest BCUT2D eigenvalue weighted by atomic mass is 16.5. The van der Waals surface area contributed by atoms with Gasteiger partial charge in [-0.3, -0.25) is 0 Å². The lowest BCUT2D eigenvalue weighted by Crippen LogP contribution is -2.14. The van der Waals surface area contributed by atoms with Crippen molar-refractivity contribution < 1.29 is 9.15 Å². The summed E-state index contributed by atoms with van der Waals surface area (Å²) in [5.74, 6) is 0. The van der Waals surface area contributed by atoms with Crippen LogP contribution in [-0.4, -0.2) is 6.61 Å². The van der Waals surface area contributed by atoms with Crippen molar-refractivity contribution in [2.75, 3.05) is 12.3 Å². The third-order valence-electron chi connectivity index (χ3n) is 3.16. The molecular formula is C15H19NO3. The third-order valence-corrected chi connectivity index (χ3v) is 3.16. The highest BCUT2D eigenvalue weighted by Crippen LogP contribution is 2.29. The zero-order valence-corrected chi connectivity index (χ0v) is 11.3. The minimum Gasteiger partial charge on any atom is -0.421 e. The van der Waals surface area contributed by atoms with E-state index >= 15 is 0 Å². The van der Waals surface area contributed by atoms with Gasteiger partial charge in [0, 0.05) is 17.6 Å². The van der Waals surface area contributed by atoms with Crippen molar-refractivity contribution in [3.05, 3.63) is 40.2 Å². The molecule has 1 heterocycles. The summed E-state index contributed by atoms with van der Waals surface area (Å²) in [5, 5.41) is 0.837. The summed E-state index contributed by atoms with van der Waals surface area (Å²) in [4.78, 5) is 11.7. The van der Waals surface area contributed by atoms with E-state index in [1.165, 1.54) is 0 Å². The summed E-state index contributed by atoms with van der Waals surface area (Å²) >= 11 is 0. The van der Waals surface area contributed by atoms with E-state index in [0.29, 0.717) is 12.2 Å². The van der Waals surface area contributed by atoms with Crippen molar-refractivity contribution >= 4 is 16.7 Å². The maximum absolute atomic E-state index is 11.7. The lowest BCUT2D eigenvalue weighted by atomic mass is 10.0. The van der Waals surface area contributed by atoms with Crippen LogP contribution >= 0.6 is 0 Å². The minimum atomic E-state index is -0.500. The molecule has 0 bridgehead atoms. The molecule has 1 aromatic carbocycles. The molecule has 0 fully saturated rings. The van der Waals surface area contributed by atoms with Gasteiger partial charge in [0.05, 0.1) is 6.10 Å². The van der Waals surface area contributed by atoms with E-state index in [-0.39, 0.29) is 11.8 Å². The number of nitrogens with two attached hydrogens (primary N) is 1. The van der Waals surface area contributed by atoms with Gasteiger partial charge in [0.15, 0.2) is 0 Å². The van der Waals surface area contributed by atoms with Crippen LogP contribution in [0.4, 0.5) is 5.69 Å². The smallest absolute Gasteiger partial charge is 0.360 e. The SMILES string of the molecule is CCCCOC(C)c1c(N)c(=O)oc2ccccc12. The van der Waals surface area contributed by atoms with Crippen LogP contribution in [0, 0.1) is 0 Å². The van der Waals surface area contributed by atoms with E-state index in [9.17, 15) is 4.79 Å². The molecule has 2 rings (SSSR count). The van der Waals surface area contributed by atoms with E-state index in [4.69, 9.17) is 14.9 Å². The standard InChI is InChI=1S/C15H19NO3/c1-3-4-9-18-10(2)13-11-7-5-6-8-12(11)19-15(17)14(13)16/h5-8,10H,3-4,9,16H2,1-2H3. The number of para-hydroxylation sites is 1. The van der Waals surface area contributed by atoms with Gasteiger partial charge < -0.3 is 14.9 Å². The van der Waals surface area contributed by atoms with Crippen molar-refractivity contribution in [3.63, 3.8) is 0 Å². The fourth-order valence-electron chi connectivity index (χ4n) is 2.11. The zero-order chi connectivity index (χ0) is 13.8. The first-order chi connectivity index (χ1) is 9.15. The van der Waals surface area contributed by atoms with Crippen molar-refractivity contribution in [2.45, 2.75) is 32.8 Å². The molecule has 2 aromatic rings. The van der Waals surface area contributed by atoms with Crippen molar-refractivity contribution in [2.24, 2.45) is 0 Å². The number of unbranched alkanes of at least 4 members (excludes halogenated alkanes) is 1. The molecule has 0 amide bonds. The van der Waals surface area contributed by atoms with E-state index in [1.54, 1.807) is 6.07 Å². The second-order valence-electron chi connectivity index (χ2n) is 4.58. The Kier molecular flexibility index (Phi) is 4.22. The lowest BCUT2D eigenvalue weighted by molar-refractivity contribution is 0.0648. The normalized spacial score (nSPS) is 12.7. The second-order valence-corrected chi connectivity index (χ2v) is 4.58. The summed E-state index contributed by atoms with van der Waals surface area (Å²) in [5.41, 5.74) is 6.78. The van der Waals surface area contributed by atoms with Crippen LogP contribution in [0.5, 0.6) is 0 Å². The third kappa shape index (κ3) is 2.79. The first-order valence-electron chi connectivity index (χ1n) is 6.58. The van der Waals surface area contributed by atoms with Crippen LogP contribution < -0.4 is 11.4 Å². The molecule has 1 atom stereocenters. The summed E-state index contributed by atoms with van der Waals surface area (Å²) in [7, 11) is 0. The summed E-state index contributed by atoms with van der Waals surface area (Å²) in [6.07, 6.45) is 1.84. The van der Waals surface area contributed by atoms with E-state index in [0.717, 1.165) is 23.8 Å². The number of ether oxygens (including phenoxy) is 1. The summed E-state index contributed by atoms with van der Waals surface area (Å²) < 4.78 is 10.9. The highest BCUT2D eigenvalue weighted by molar-refractivity contribution is 5.84. The molecule has 1 aromatic heterocycles. The van der Waals surface area contributed by atoms with Crippen LogP contribution in [-0.2, 0) is 4.74 Å². The fourth-order valence-corrected chi connectivity index (χ4v) is 2.11. The van der Waals surface area contributed by atoms with Crippen LogP contribution in [0.2, 0.25) is 0 Å². The van der Waals surface area contributed by atoms with Crippen LogP contribution in [0.1, 0.15) is 38.4 Å². The number of nitrogen functional groups attached to an aromatic ring is 1. The van der Waals surface area contributed by atoms with Crippen molar-refractivity contribution in [1.82, 2.24) is 0 Å². The minimum absolute atomic E-state index is 0.141. The molecule has 102 valence electrons. The van der Waals surface area contributed by atoms with E-state index in [1.807, 2.05) is 25.1 Å². The first kappa shape index (κ1) is 13.6. The Balaban J connectivity index is 2.45. The molecule has 0 radical (unpaired) electrons. The Labute approximate surface area is 112 Å². The summed E-state index contributed by atoms with van der Waals surface area (Å²) in [6.45, 7) is 4.67. The molecule has 0 saturated carbocycles. The summed E-state index contributed by atoms with van der Waals surface area (Å²) in [6, 6.07) is 7.37. The van der Waals surface area contributed by atoms with Crippen molar-refractivity contribution in [1.29, 1.82) is 0 Å². The number of benzene rings is 1. The monoisotopic (exact) mass is 261 g/mol. The Hall–Kier alpha value is -1.81. The van der Waals surface area contributed by atoms with E-state index in [2.05, 4.69) is 6.92 Å². The van der Waals surface area contributed by atoms with Gasteiger partial charge >= 0.3 is 5.63 Å². The molecule has 4 nitrogen and oxygen atoms in total. The molecule has 2 N–H and O–H groups in total. The van der Waals surface area contributed by atoms with Gasteiger partial charge in [0.2, 0.25) is 0 Å². The van der Waals surface area contributed by atoms with Crippen LogP contribution in [0.15, 0.2) is 33.5 Å². The average Bonchev–Trinajstić information content (AvgIpc) is 2.40. The zero-order valence-electron chi connectivity index (χ0n) is 11.3. The molecule has 0 saturated heterocycles. The van der Waals surface area contributed by atoms with Crippen LogP contribution in [0.25, 0.3) is 11.0 Å². The van der Waals surface area contributed by atoms with Gasteiger partial charge in [-0.2, -0.15) is 0 Å². The Morgan fingerprint density at radius 2 is 2.11 bits per heavy atom.